The van der Waals surface area contributed by atoms with Crippen LogP contribution in [-0.2, 0) is 4.79 Å². The van der Waals surface area contributed by atoms with Gasteiger partial charge >= 0.3 is 0 Å². The lowest BCUT2D eigenvalue weighted by Gasteiger charge is -2.31. The standard InChI is InChI=1S/C14H24BrNOS/c15-11-13-4-2-1-3-7-16(13)14(17)10-12-5-8-18-9-6-12/h12-13H,1-11H2. The van der Waals surface area contributed by atoms with Gasteiger partial charge in [0.1, 0.15) is 0 Å². The van der Waals surface area contributed by atoms with Crippen LogP contribution in [-0.4, -0.2) is 40.2 Å². The van der Waals surface area contributed by atoms with E-state index >= 15 is 0 Å². The van der Waals surface area contributed by atoms with Crippen LogP contribution in [0.3, 0.4) is 0 Å². The first-order valence-electron chi connectivity index (χ1n) is 7.24. The van der Waals surface area contributed by atoms with Crippen LogP contribution in [0.15, 0.2) is 0 Å². The first-order valence-corrected chi connectivity index (χ1v) is 9.52. The summed E-state index contributed by atoms with van der Waals surface area (Å²) in [6, 6.07) is 0.443. The van der Waals surface area contributed by atoms with Crippen LogP contribution in [0.4, 0.5) is 0 Å². The van der Waals surface area contributed by atoms with Gasteiger partial charge in [-0.05, 0) is 43.1 Å². The zero-order chi connectivity index (χ0) is 12.8. The predicted molar refractivity (Wildman–Crippen MR) is 82.4 cm³/mol. The number of halogens is 1. The molecule has 0 aromatic rings. The number of amides is 1. The number of hydrogen-bond acceptors (Lipinski definition) is 2. The second kappa shape index (κ2) is 7.78. The maximum Gasteiger partial charge on any atom is 0.223 e. The molecule has 0 aromatic heterocycles. The summed E-state index contributed by atoms with van der Waals surface area (Å²) in [4.78, 5) is 14.7. The maximum atomic E-state index is 12.5. The van der Waals surface area contributed by atoms with Gasteiger partial charge in [-0.25, -0.2) is 0 Å². The average molecular weight is 334 g/mol. The fourth-order valence-corrected chi connectivity index (χ4v) is 4.86. The monoisotopic (exact) mass is 333 g/mol. The van der Waals surface area contributed by atoms with Crippen LogP contribution in [0.5, 0.6) is 0 Å². The summed E-state index contributed by atoms with van der Waals surface area (Å²) in [7, 11) is 0. The number of rotatable bonds is 3. The molecule has 0 saturated carbocycles. The van der Waals surface area contributed by atoms with Crippen LogP contribution >= 0.6 is 27.7 Å². The highest BCUT2D eigenvalue weighted by Crippen LogP contribution is 2.27. The van der Waals surface area contributed by atoms with Gasteiger partial charge in [0.15, 0.2) is 0 Å². The summed E-state index contributed by atoms with van der Waals surface area (Å²) in [5, 5.41) is 0.944. The SMILES string of the molecule is O=C(CC1CCSCC1)N1CCCCCC1CBr. The molecule has 0 aliphatic carbocycles. The summed E-state index contributed by atoms with van der Waals surface area (Å²) < 4.78 is 0. The number of carbonyl (C=O) groups is 1. The smallest absolute Gasteiger partial charge is 0.223 e. The fourth-order valence-electron chi connectivity index (χ4n) is 2.98. The van der Waals surface area contributed by atoms with Crippen LogP contribution < -0.4 is 0 Å². The normalized spacial score (nSPS) is 26.9. The van der Waals surface area contributed by atoms with Crippen molar-refractivity contribution in [2.24, 2.45) is 5.92 Å². The Morgan fingerprint density at radius 1 is 1.17 bits per heavy atom. The van der Waals surface area contributed by atoms with Crippen molar-refractivity contribution in [2.75, 3.05) is 23.4 Å². The Hall–Kier alpha value is 0.300. The van der Waals surface area contributed by atoms with E-state index in [4.69, 9.17) is 0 Å². The van der Waals surface area contributed by atoms with Crippen molar-refractivity contribution >= 4 is 33.6 Å². The number of carbonyl (C=O) groups excluding carboxylic acids is 1. The molecule has 2 heterocycles. The molecule has 2 nitrogen and oxygen atoms in total. The Balaban J connectivity index is 1.88. The van der Waals surface area contributed by atoms with Crippen molar-refractivity contribution < 1.29 is 4.79 Å². The van der Waals surface area contributed by atoms with Gasteiger partial charge in [-0.1, -0.05) is 28.8 Å². The van der Waals surface area contributed by atoms with E-state index < -0.39 is 0 Å². The van der Waals surface area contributed by atoms with Gasteiger partial charge in [0.05, 0.1) is 0 Å². The predicted octanol–water partition coefficient (Wildman–Crippen LogP) is 3.69. The van der Waals surface area contributed by atoms with Crippen LogP contribution in [0.2, 0.25) is 0 Å². The molecule has 0 radical (unpaired) electrons. The Bertz CT molecular complexity index is 269. The number of likely N-dealkylation sites (tertiary alicyclic amines) is 1. The molecule has 2 fully saturated rings. The van der Waals surface area contributed by atoms with E-state index in [0.29, 0.717) is 17.9 Å². The topological polar surface area (TPSA) is 20.3 Å². The van der Waals surface area contributed by atoms with Crippen molar-refractivity contribution in [1.29, 1.82) is 0 Å². The molecule has 2 aliphatic heterocycles. The Labute approximate surface area is 123 Å². The summed E-state index contributed by atoms with van der Waals surface area (Å²) in [5.41, 5.74) is 0. The molecule has 2 saturated heterocycles. The quantitative estimate of drug-likeness (QED) is 0.734. The third kappa shape index (κ3) is 4.16. The molecule has 1 amide bonds. The molecule has 0 spiro atoms. The van der Waals surface area contributed by atoms with E-state index in [9.17, 15) is 4.79 Å². The average Bonchev–Trinajstić information content (AvgIpc) is 2.64. The van der Waals surface area contributed by atoms with E-state index in [-0.39, 0.29) is 0 Å². The van der Waals surface area contributed by atoms with E-state index in [1.807, 2.05) is 11.8 Å². The Morgan fingerprint density at radius 3 is 2.67 bits per heavy atom. The van der Waals surface area contributed by atoms with E-state index in [2.05, 4.69) is 20.8 Å². The minimum absolute atomic E-state index is 0.415. The summed E-state index contributed by atoms with van der Waals surface area (Å²) >= 11 is 5.62. The number of thioether (sulfide) groups is 1. The number of nitrogens with zero attached hydrogens (tertiary/aromatic N) is 1. The van der Waals surface area contributed by atoms with Gasteiger partial charge in [0, 0.05) is 24.3 Å². The van der Waals surface area contributed by atoms with Gasteiger partial charge < -0.3 is 4.90 Å². The van der Waals surface area contributed by atoms with Gasteiger partial charge in [0.2, 0.25) is 5.91 Å². The molecule has 0 aromatic carbocycles. The third-order valence-electron chi connectivity index (χ3n) is 4.18. The molecule has 1 unspecified atom stereocenters. The zero-order valence-electron chi connectivity index (χ0n) is 11.1. The van der Waals surface area contributed by atoms with Crippen molar-refractivity contribution in [1.82, 2.24) is 4.90 Å². The molecule has 0 N–H and O–H groups in total. The second-order valence-corrected chi connectivity index (χ2v) is 7.38. The molecule has 2 rings (SSSR count). The first-order chi connectivity index (χ1) is 8.81. The zero-order valence-corrected chi connectivity index (χ0v) is 13.5. The van der Waals surface area contributed by atoms with Gasteiger partial charge in [-0.15, -0.1) is 0 Å². The van der Waals surface area contributed by atoms with Crippen molar-refractivity contribution in [2.45, 2.75) is 51.0 Å². The molecule has 1 atom stereocenters. The minimum Gasteiger partial charge on any atom is -0.339 e. The molecular formula is C14H24BrNOS. The van der Waals surface area contributed by atoms with Crippen LogP contribution in [0, 0.1) is 5.92 Å². The molecule has 0 bridgehead atoms. The third-order valence-corrected chi connectivity index (χ3v) is 5.98. The lowest BCUT2D eigenvalue weighted by atomic mass is 9.97. The van der Waals surface area contributed by atoms with Crippen molar-refractivity contribution in [3.8, 4) is 0 Å². The van der Waals surface area contributed by atoms with Crippen molar-refractivity contribution in [3.05, 3.63) is 0 Å². The van der Waals surface area contributed by atoms with Crippen LogP contribution in [0.1, 0.15) is 44.9 Å². The highest BCUT2D eigenvalue weighted by atomic mass is 79.9. The molecule has 4 heteroatoms. The second-order valence-electron chi connectivity index (χ2n) is 5.50. The Kier molecular flexibility index (Phi) is 6.36. The minimum atomic E-state index is 0.415. The number of hydrogen-bond donors (Lipinski definition) is 0. The largest absolute Gasteiger partial charge is 0.339 e. The lowest BCUT2D eigenvalue weighted by molar-refractivity contribution is -0.134. The molecule has 18 heavy (non-hydrogen) atoms. The van der Waals surface area contributed by atoms with E-state index in [1.54, 1.807) is 0 Å². The van der Waals surface area contributed by atoms with Gasteiger partial charge in [-0.2, -0.15) is 11.8 Å². The van der Waals surface area contributed by atoms with Crippen LogP contribution in [0.25, 0.3) is 0 Å². The first kappa shape index (κ1) is 14.7. The highest BCUT2D eigenvalue weighted by Gasteiger charge is 2.27. The summed E-state index contributed by atoms with van der Waals surface area (Å²) in [6.07, 6.45) is 8.21. The van der Waals surface area contributed by atoms with Gasteiger partial charge in [-0.3, -0.25) is 4.79 Å². The maximum absolute atomic E-state index is 12.5. The van der Waals surface area contributed by atoms with Gasteiger partial charge in [0.25, 0.3) is 0 Å². The highest BCUT2D eigenvalue weighted by molar-refractivity contribution is 9.09. The molecule has 2 aliphatic rings. The molecular weight excluding hydrogens is 310 g/mol. The van der Waals surface area contributed by atoms with E-state index in [1.165, 1.54) is 50.0 Å². The Morgan fingerprint density at radius 2 is 1.94 bits per heavy atom. The molecule has 104 valence electrons. The van der Waals surface area contributed by atoms with Crippen molar-refractivity contribution in [3.63, 3.8) is 0 Å². The summed E-state index contributed by atoms with van der Waals surface area (Å²) in [5.74, 6) is 3.57. The fraction of sp³-hybridized carbons (Fsp3) is 0.929. The number of alkyl halides is 1. The van der Waals surface area contributed by atoms with E-state index in [0.717, 1.165) is 18.3 Å². The lowest BCUT2D eigenvalue weighted by Crippen LogP contribution is -2.41. The summed E-state index contributed by atoms with van der Waals surface area (Å²) in [6.45, 7) is 0.983.